The number of rotatable bonds is 5. The summed E-state index contributed by atoms with van der Waals surface area (Å²) in [7, 11) is 0. The van der Waals surface area contributed by atoms with Crippen molar-refractivity contribution in [2.24, 2.45) is 0 Å². The van der Waals surface area contributed by atoms with E-state index in [0.29, 0.717) is 17.3 Å². The standard InChI is InChI=1S/C24H19ClN2O3/c1-16-3-2-4-18(13-16)15-30-21-11-5-17(6-12-21)14-22-23(28)27(24(29)26-22)20-9-7-19(25)8-10-20/h2-14H,15H2,1H3,(H,26,29)/b22-14+. The molecule has 0 aromatic heterocycles. The summed E-state index contributed by atoms with van der Waals surface area (Å²) in [6, 6.07) is 21.5. The second-order valence-electron chi connectivity index (χ2n) is 6.95. The van der Waals surface area contributed by atoms with E-state index in [4.69, 9.17) is 16.3 Å². The topological polar surface area (TPSA) is 58.6 Å². The summed E-state index contributed by atoms with van der Waals surface area (Å²) < 4.78 is 5.82. The molecule has 4 rings (SSSR count). The van der Waals surface area contributed by atoms with Gasteiger partial charge in [0.1, 0.15) is 18.1 Å². The van der Waals surface area contributed by atoms with Crippen molar-refractivity contribution in [1.29, 1.82) is 0 Å². The molecule has 0 aliphatic carbocycles. The molecule has 1 N–H and O–H groups in total. The van der Waals surface area contributed by atoms with Gasteiger partial charge in [-0.05, 0) is 60.5 Å². The fraction of sp³-hybridized carbons (Fsp3) is 0.0833. The summed E-state index contributed by atoms with van der Waals surface area (Å²) in [6.45, 7) is 2.52. The van der Waals surface area contributed by atoms with Crippen molar-refractivity contribution in [3.8, 4) is 5.75 Å². The van der Waals surface area contributed by atoms with Crippen molar-refractivity contribution in [2.45, 2.75) is 13.5 Å². The lowest BCUT2D eigenvalue weighted by Gasteiger charge is -2.11. The highest BCUT2D eigenvalue weighted by molar-refractivity contribution is 6.31. The molecule has 3 aromatic rings. The molecule has 5 nitrogen and oxygen atoms in total. The molecule has 6 heteroatoms. The van der Waals surface area contributed by atoms with Crippen LogP contribution in [0.25, 0.3) is 6.08 Å². The van der Waals surface area contributed by atoms with Gasteiger partial charge in [-0.1, -0.05) is 53.6 Å². The Morgan fingerprint density at radius 2 is 1.73 bits per heavy atom. The predicted molar refractivity (Wildman–Crippen MR) is 117 cm³/mol. The molecular weight excluding hydrogens is 400 g/mol. The summed E-state index contributed by atoms with van der Waals surface area (Å²) in [5.74, 6) is 0.310. The zero-order valence-corrected chi connectivity index (χ0v) is 17.0. The van der Waals surface area contributed by atoms with E-state index in [1.807, 2.05) is 49.4 Å². The Morgan fingerprint density at radius 1 is 1.00 bits per heavy atom. The number of nitrogens with zero attached hydrogens (tertiary/aromatic N) is 1. The van der Waals surface area contributed by atoms with Crippen molar-refractivity contribution < 1.29 is 14.3 Å². The Hall–Kier alpha value is -3.57. The number of anilines is 1. The monoisotopic (exact) mass is 418 g/mol. The van der Waals surface area contributed by atoms with Gasteiger partial charge < -0.3 is 10.1 Å². The number of nitrogens with one attached hydrogen (secondary N) is 1. The van der Waals surface area contributed by atoms with Gasteiger partial charge in [-0.3, -0.25) is 4.79 Å². The van der Waals surface area contributed by atoms with Crippen LogP contribution in [0.2, 0.25) is 5.02 Å². The van der Waals surface area contributed by atoms with E-state index < -0.39 is 11.9 Å². The quantitative estimate of drug-likeness (QED) is 0.450. The number of imide groups is 1. The molecule has 1 fully saturated rings. The second kappa shape index (κ2) is 8.43. The van der Waals surface area contributed by atoms with Crippen LogP contribution in [0.5, 0.6) is 5.75 Å². The molecule has 1 saturated heterocycles. The molecule has 0 unspecified atom stereocenters. The number of ether oxygens (including phenoxy) is 1. The summed E-state index contributed by atoms with van der Waals surface area (Å²) in [5.41, 5.74) is 3.74. The Bertz CT molecular complexity index is 1120. The lowest BCUT2D eigenvalue weighted by atomic mass is 10.1. The molecule has 150 valence electrons. The molecule has 1 aliphatic rings. The van der Waals surface area contributed by atoms with E-state index in [2.05, 4.69) is 11.4 Å². The van der Waals surface area contributed by atoms with Crippen LogP contribution in [0.15, 0.2) is 78.5 Å². The van der Waals surface area contributed by atoms with Crippen LogP contribution in [0.4, 0.5) is 10.5 Å². The highest BCUT2D eigenvalue weighted by atomic mass is 35.5. The minimum Gasteiger partial charge on any atom is -0.489 e. The maximum Gasteiger partial charge on any atom is 0.333 e. The largest absolute Gasteiger partial charge is 0.489 e. The molecule has 3 aromatic carbocycles. The number of hydrogen-bond acceptors (Lipinski definition) is 3. The minimum absolute atomic E-state index is 0.211. The average Bonchev–Trinajstić information content (AvgIpc) is 3.01. The number of urea groups is 1. The Kier molecular flexibility index (Phi) is 5.55. The maximum atomic E-state index is 12.7. The smallest absolute Gasteiger partial charge is 0.333 e. The number of carbonyl (C=O) groups excluding carboxylic acids is 2. The zero-order valence-electron chi connectivity index (χ0n) is 16.3. The number of halogens is 1. The van der Waals surface area contributed by atoms with Crippen LogP contribution in [-0.4, -0.2) is 11.9 Å². The van der Waals surface area contributed by atoms with Crippen molar-refractivity contribution in [2.75, 3.05) is 4.90 Å². The van der Waals surface area contributed by atoms with Crippen molar-refractivity contribution in [3.05, 3.63) is 100 Å². The summed E-state index contributed by atoms with van der Waals surface area (Å²) in [4.78, 5) is 26.0. The summed E-state index contributed by atoms with van der Waals surface area (Å²) >= 11 is 5.88. The highest BCUT2D eigenvalue weighted by Crippen LogP contribution is 2.24. The fourth-order valence-corrected chi connectivity index (χ4v) is 3.28. The number of carbonyl (C=O) groups is 2. The lowest BCUT2D eigenvalue weighted by molar-refractivity contribution is -0.113. The minimum atomic E-state index is -0.494. The number of amides is 3. The van der Waals surface area contributed by atoms with Crippen molar-refractivity contribution >= 4 is 35.3 Å². The highest BCUT2D eigenvalue weighted by Gasteiger charge is 2.34. The maximum absolute atomic E-state index is 12.7. The van der Waals surface area contributed by atoms with Gasteiger partial charge in [-0.25, -0.2) is 9.69 Å². The van der Waals surface area contributed by atoms with Gasteiger partial charge in [0.15, 0.2) is 0 Å². The van der Waals surface area contributed by atoms with Gasteiger partial charge in [-0.2, -0.15) is 0 Å². The molecule has 0 saturated carbocycles. The molecule has 0 atom stereocenters. The van der Waals surface area contributed by atoms with Gasteiger partial charge in [0.05, 0.1) is 5.69 Å². The van der Waals surface area contributed by atoms with Crippen LogP contribution in [0.3, 0.4) is 0 Å². The number of hydrogen-bond donors (Lipinski definition) is 1. The van der Waals surface area contributed by atoms with Crippen LogP contribution in [-0.2, 0) is 11.4 Å². The van der Waals surface area contributed by atoms with Crippen LogP contribution < -0.4 is 15.0 Å². The first-order valence-corrected chi connectivity index (χ1v) is 9.78. The normalized spacial score (nSPS) is 14.9. The molecule has 1 aliphatic heterocycles. The molecular formula is C24H19ClN2O3. The number of benzene rings is 3. The molecule has 30 heavy (non-hydrogen) atoms. The first-order valence-electron chi connectivity index (χ1n) is 9.41. The van der Waals surface area contributed by atoms with Gasteiger partial charge in [0.25, 0.3) is 5.91 Å². The molecule has 1 heterocycles. The number of aryl methyl sites for hydroxylation is 1. The third-order valence-corrected chi connectivity index (χ3v) is 4.89. The molecule has 0 radical (unpaired) electrons. The molecule has 3 amide bonds. The van der Waals surface area contributed by atoms with E-state index in [1.165, 1.54) is 5.56 Å². The van der Waals surface area contributed by atoms with Crippen molar-refractivity contribution in [3.63, 3.8) is 0 Å². The van der Waals surface area contributed by atoms with E-state index in [1.54, 1.807) is 30.3 Å². The summed E-state index contributed by atoms with van der Waals surface area (Å²) in [5, 5.41) is 3.15. The third kappa shape index (κ3) is 4.36. The zero-order chi connectivity index (χ0) is 21.1. The van der Waals surface area contributed by atoms with Gasteiger partial charge in [0, 0.05) is 5.02 Å². The average molecular weight is 419 g/mol. The second-order valence-corrected chi connectivity index (χ2v) is 7.39. The van der Waals surface area contributed by atoms with E-state index in [0.717, 1.165) is 21.8 Å². The predicted octanol–water partition coefficient (Wildman–Crippen LogP) is 5.32. The first-order chi connectivity index (χ1) is 14.5. The first kappa shape index (κ1) is 19.7. The Morgan fingerprint density at radius 3 is 2.43 bits per heavy atom. The summed E-state index contributed by atoms with van der Waals surface area (Å²) in [6.07, 6.45) is 1.64. The molecule has 0 bridgehead atoms. The fourth-order valence-electron chi connectivity index (χ4n) is 3.16. The van der Waals surface area contributed by atoms with Gasteiger partial charge in [0.2, 0.25) is 0 Å². The van der Waals surface area contributed by atoms with Crippen LogP contribution >= 0.6 is 11.6 Å². The van der Waals surface area contributed by atoms with Crippen molar-refractivity contribution in [1.82, 2.24) is 5.32 Å². The third-order valence-electron chi connectivity index (χ3n) is 4.64. The van der Waals surface area contributed by atoms with Gasteiger partial charge in [-0.15, -0.1) is 0 Å². The van der Waals surface area contributed by atoms with Gasteiger partial charge >= 0.3 is 6.03 Å². The van der Waals surface area contributed by atoms with E-state index >= 15 is 0 Å². The van der Waals surface area contributed by atoms with E-state index in [-0.39, 0.29) is 5.70 Å². The van der Waals surface area contributed by atoms with Crippen LogP contribution in [0.1, 0.15) is 16.7 Å². The SMILES string of the molecule is Cc1cccc(COc2ccc(/C=C3/NC(=O)N(c4ccc(Cl)cc4)C3=O)cc2)c1. The molecule has 0 spiro atoms. The van der Waals surface area contributed by atoms with E-state index in [9.17, 15) is 9.59 Å². The Labute approximate surface area is 179 Å². The van der Waals surface area contributed by atoms with Crippen LogP contribution in [0, 0.1) is 6.92 Å². The Balaban J connectivity index is 1.45. The lowest BCUT2D eigenvalue weighted by Crippen LogP contribution is -2.30.